The Morgan fingerprint density at radius 3 is 2.82 bits per heavy atom. The fourth-order valence-corrected chi connectivity index (χ4v) is 3.27. The third kappa shape index (κ3) is 4.43. The zero-order valence-electron chi connectivity index (χ0n) is 13.5. The monoisotopic (exact) mass is 313 g/mol. The molecule has 6 nitrogen and oxygen atoms in total. The van der Waals surface area contributed by atoms with Crippen molar-refractivity contribution in [3.8, 4) is 0 Å². The first-order chi connectivity index (χ1) is 10.5. The number of carboxylic acid groups (broad SMARTS) is 1. The lowest BCUT2D eigenvalue weighted by Crippen LogP contribution is -2.52. The van der Waals surface area contributed by atoms with Gasteiger partial charge in [-0.2, -0.15) is 0 Å². The highest BCUT2D eigenvalue weighted by molar-refractivity contribution is 5.82. The van der Waals surface area contributed by atoms with E-state index in [1.54, 1.807) is 4.90 Å². The minimum absolute atomic E-state index is 0.102. The van der Waals surface area contributed by atoms with E-state index in [4.69, 9.17) is 14.6 Å². The van der Waals surface area contributed by atoms with Gasteiger partial charge in [0, 0.05) is 6.54 Å². The zero-order chi connectivity index (χ0) is 16.1. The molecule has 1 heterocycles. The van der Waals surface area contributed by atoms with E-state index in [0.717, 1.165) is 19.3 Å². The van der Waals surface area contributed by atoms with Gasteiger partial charge in [-0.15, -0.1) is 0 Å². The summed E-state index contributed by atoms with van der Waals surface area (Å²) >= 11 is 0. The molecular weight excluding hydrogens is 286 g/mol. The Balaban J connectivity index is 1.91. The number of aliphatic carboxylic acids is 1. The molecule has 0 bridgehead atoms. The quantitative estimate of drug-likeness (QED) is 0.835. The molecule has 0 aromatic carbocycles. The van der Waals surface area contributed by atoms with Crippen LogP contribution < -0.4 is 0 Å². The summed E-state index contributed by atoms with van der Waals surface area (Å²) in [5, 5.41) is 9.03. The summed E-state index contributed by atoms with van der Waals surface area (Å²) in [5.41, 5.74) is 0. The molecule has 1 aliphatic heterocycles. The van der Waals surface area contributed by atoms with Gasteiger partial charge in [-0.25, -0.2) is 4.79 Å². The molecule has 6 heteroatoms. The number of hydrogen-bond donors (Lipinski definition) is 1. The second-order valence-electron chi connectivity index (χ2n) is 6.41. The number of carbonyl (C=O) groups is 2. The number of rotatable bonds is 5. The number of carboxylic acids is 1. The zero-order valence-corrected chi connectivity index (χ0v) is 13.5. The highest BCUT2D eigenvalue weighted by Gasteiger charge is 2.33. The van der Waals surface area contributed by atoms with Crippen LogP contribution in [-0.2, 0) is 19.1 Å². The number of morpholine rings is 1. The second kappa shape index (κ2) is 7.92. The predicted molar refractivity (Wildman–Crippen MR) is 80.5 cm³/mol. The molecule has 1 N–H and O–H groups in total. The maximum atomic E-state index is 12.6. The van der Waals surface area contributed by atoms with E-state index in [9.17, 15) is 9.59 Å². The van der Waals surface area contributed by atoms with Gasteiger partial charge in [0.25, 0.3) is 5.91 Å². The summed E-state index contributed by atoms with van der Waals surface area (Å²) in [6.45, 7) is 4.96. The third-order valence-corrected chi connectivity index (χ3v) is 4.54. The topological polar surface area (TPSA) is 76.1 Å². The van der Waals surface area contributed by atoms with E-state index in [1.807, 2.05) is 6.92 Å². The molecule has 0 radical (unpaired) electrons. The number of hydrogen-bond acceptors (Lipinski definition) is 4. The molecule has 0 aromatic rings. The normalized spacial score (nSPS) is 30.8. The molecular formula is C16H27NO5. The summed E-state index contributed by atoms with van der Waals surface area (Å²) in [4.78, 5) is 25.2. The van der Waals surface area contributed by atoms with Crippen LogP contribution in [0.4, 0.5) is 0 Å². The molecule has 0 spiro atoms. The van der Waals surface area contributed by atoms with Crippen LogP contribution >= 0.6 is 0 Å². The van der Waals surface area contributed by atoms with E-state index in [0.29, 0.717) is 18.9 Å². The Morgan fingerprint density at radius 1 is 1.41 bits per heavy atom. The number of nitrogens with zero attached hydrogens (tertiary/aromatic N) is 1. The second-order valence-corrected chi connectivity index (χ2v) is 6.41. The Hall–Kier alpha value is -1.14. The van der Waals surface area contributed by atoms with Gasteiger partial charge in [0.2, 0.25) is 0 Å². The molecule has 2 fully saturated rings. The first kappa shape index (κ1) is 17.2. The minimum atomic E-state index is -1.02. The van der Waals surface area contributed by atoms with Crippen LogP contribution in [0.5, 0.6) is 0 Å². The van der Waals surface area contributed by atoms with Crippen LogP contribution in [0.15, 0.2) is 0 Å². The number of carbonyl (C=O) groups excluding carboxylic acids is 1. The van der Waals surface area contributed by atoms with E-state index in [2.05, 4.69) is 6.92 Å². The Bertz CT molecular complexity index is 400. The highest BCUT2D eigenvalue weighted by atomic mass is 16.5. The average molecular weight is 313 g/mol. The van der Waals surface area contributed by atoms with Crippen molar-refractivity contribution in [2.24, 2.45) is 5.92 Å². The molecule has 1 amide bonds. The van der Waals surface area contributed by atoms with Crippen LogP contribution in [0.3, 0.4) is 0 Å². The molecule has 4 atom stereocenters. The first-order valence-corrected chi connectivity index (χ1v) is 8.29. The van der Waals surface area contributed by atoms with Crippen LogP contribution in [0.25, 0.3) is 0 Å². The van der Waals surface area contributed by atoms with Crippen LogP contribution in [0.1, 0.15) is 46.0 Å². The van der Waals surface area contributed by atoms with Gasteiger partial charge in [0.1, 0.15) is 6.10 Å². The van der Waals surface area contributed by atoms with Crippen molar-refractivity contribution in [1.29, 1.82) is 0 Å². The fraction of sp³-hybridized carbons (Fsp3) is 0.875. The van der Waals surface area contributed by atoms with Gasteiger partial charge < -0.3 is 19.5 Å². The highest BCUT2D eigenvalue weighted by Crippen LogP contribution is 2.27. The molecule has 0 aromatic heterocycles. The summed E-state index contributed by atoms with van der Waals surface area (Å²) in [6, 6.07) is 0. The lowest BCUT2D eigenvalue weighted by atomic mass is 9.88. The largest absolute Gasteiger partial charge is 0.479 e. The van der Waals surface area contributed by atoms with Crippen molar-refractivity contribution in [2.75, 3.05) is 19.7 Å². The van der Waals surface area contributed by atoms with Crippen molar-refractivity contribution in [3.05, 3.63) is 0 Å². The molecule has 0 unspecified atom stereocenters. The smallest absolute Gasteiger partial charge is 0.334 e. The predicted octanol–water partition coefficient (Wildman–Crippen LogP) is 1.67. The lowest BCUT2D eigenvalue weighted by molar-refractivity contribution is -0.166. The minimum Gasteiger partial charge on any atom is -0.479 e. The fourth-order valence-electron chi connectivity index (χ4n) is 3.27. The van der Waals surface area contributed by atoms with E-state index >= 15 is 0 Å². The Labute approximate surface area is 131 Å². The van der Waals surface area contributed by atoms with Crippen LogP contribution in [-0.4, -0.2) is 59.9 Å². The molecule has 1 aliphatic carbocycles. The molecule has 22 heavy (non-hydrogen) atoms. The lowest BCUT2D eigenvalue weighted by Gasteiger charge is -2.35. The molecule has 126 valence electrons. The van der Waals surface area contributed by atoms with E-state index in [-0.39, 0.29) is 25.2 Å². The maximum absolute atomic E-state index is 12.6. The Morgan fingerprint density at radius 2 is 2.18 bits per heavy atom. The molecule has 1 saturated carbocycles. The van der Waals surface area contributed by atoms with Gasteiger partial charge in [-0.1, -0.05) is 26.7 Å². The van der Waals surface area contributed by atoms with Gasteiger partial charge in [0.15, 0.2) is 6.10 Å². The SMILES string of the molecule is CC[C@H](O[C@@H]1CCC[C@H](C)C1)C(=O)N1CCO[C@@H](C(=O)O)C1. The maximum Gasteiger partial charge on any atom is 0.334 e. The van der Waals surface area contributed by atoms with Gasteiger partial charge in [0.05, 0.1) is 19.3 Å². The molecule has 2 rings (SSSR count). The van der Waals surface area contributed by atoms with E-state index in [1.165, 1.54) is 6.42 Å². The van der Waals surface area contributed by atoms with Gasteiger partial charge >= 0.3 is 5.97 Å². The van der Waals surface area contributed by atoms with Crippen LogP contribution in [0.2, 0.25) is 0 Å². The number of ether oxygens (including phenoxy) is 2. The van der Waals surface area contributed by atoms with Crippen molar-refractivity contribution < 1.29 is 24.2 Å². The molecule has 2 aliphatic rings. The molecule has 1 saturated heterocycles. The van der Waals surface area contributed by atoms with Crippen molar-refractivity contribution in [2.45, 2.75) is 64.3 Å². The number of amides is 1. The van der Waals surface area contributed by atoms with Gasteiger partial charge in [-0.3, -0.25) is 4.79 Å². The standard InChI is InChI=1S/C16H27NO5/c1-3-13(22-12-6-4-5-11(2)9-12)15(18)17-7-8-21-14(10-17)16(19)20/h11-14H,3-10H2,1-2H3,(H,19,20)/t11-,12+,13-,14+/m0/s1. The van der Waals surface area contributed by atoms with Crippen LogP contribution in [0, 0.1) is 5.92 Å². The summed E-state index contributed by atoms with van der Waals surface area (Å²) in [6.07, 6.45) is 3.75. The average Bonchev–Trinajstić information content (AvgIpc) is 2.52. The van der Waals surface area contributed by atoms with Crippen molar-refractivity contribution in [3.63, 3.8) is 0 Å². The van der Waals surface area contributed by atoms with Gasteiger partial charge in [-0.05, 0) is 25.2 Å². The Kier molecular flexibility index (Phi) is 6.20. The van der Waals surface area contributed by atoms with Crippen molar-refractivity contribution in [1.82, 2.24) is 4.90 Å². The summed E-state index contributed by atoms with van der Waals surface area (Å²) in [5.74, 6) is -0.478. The summed E-state index contributed by atoms with van der Waals surface area (Å²) < 4.78 is 11.2. The van der Waals surface area contributed by atoms with Crippen molar-refractivity contribution >= 4 is 11.9 Å². The first-order valence-electron chi connectivity index (χ1n) is 8.29. The van der Waals surface area contributed by atoms with E-state index < -0.39 is 18.2 Å². The third-order valence-electron chi connectivity index (χ3n) is 4.54. The summed E-state index contributed by atoms with van der Waals surface area (Å²) in [7, 11) is 0.